The molecule has 0 heterocycles. The van der Waals surface area contributed by atoms with Gasteiger partial charge in [-0.1, -0.05) is 55.2 Å². The van der Waals surface area contributed by atoms with E-state index in [1.807, 2.05) is 24.3 Å². The summed E-state index contributed by atoms with van der Waals surface area (Å²) in [4.78, 5) is 0. The second kappa shape index (κ2) is 5.64. The third-order valence-electron chi connectivity index (χ3n) is 4.25. The zero-order valence-corrected chi connectivity index (χ0v) is 13.8. The maximum atomic E-state index is 6.17. The third kappa shape index (κ3) is 3.11. The molecule has 0 radical (unpaired) electrons. The summed E-state index contributed by atoms with van der Waals surface area (Å²) < 4.78 is 0. The van der Waals surface area contributed by atoms with Gasteiger partial charge in [0, 0.05) is 22.6 Å². The lowest BCUT2D eigenvalue weighted by atomic mass is 9.85. The van der Waals surface area contributed by atoms with Crippen LogP contribution in [-0.4, -0.2) is 0 Å². The Morgan fingerprint density at radius 1 is 1.10 bits per heavy atom. The van der Waals surface area contributed by atoms with Crippen LogP contribution < -0.4 is 5.32 Å². The molecule has 0 bridgehead atoms. The number of halogens is 2. The van der Waals surface area contributed by atoms with E-state index in [1.54, 1.807) is 0 Å². The van der Waals surface area contributed by atoms with Gasteiger partial charge in [-0.3, -0.25) is 0 Å². The predicted molar refractivity (Wildman–Crippen MR) is 90.0 cm³/mol. The summed E-state index contributed by atoms with van der Waals surface area (Å²) >= 11 is 12.2. The molecule has 1 nitrogen and oxygen atoms in total. The normalized spacial score (nSPS) is 19.5. The lowest BCUT2D eigenvalue weighted by Crippen LogP contribution is -2.30. The Kier molecular flexibility index (Phi) is 4.00. The van der Waals surface area contributed by atoms with Crippen molar-refractivity contribution in [3.05, 3.63) is 69.2 Å². The van der Waals surface area contributed by atoms with Gasteiger partial charge in [0.1, 0.15) is 0 Å². The fraction of sp³-hybridized carbons (Fsp3) is 0.333. The van der Waals surface area contributed by atoms with Crippen LogP contribution in [-0.2, 0) is 13.0 Å². The minimum Gasteiger partial charge on any atom is -0.305 e. The van der Waals surface area contributed by atoms with E-state index in [0.717, 1.165) is 23.0 Å². The van der Waals surface area contributed by atoms with Crippen LogP contribution in [0.5, 0.6) is 0 Å². The minimum atomic E-state index is 0.186. The average Bonchev–Trinajstić information content (AvgIpc) is 2.66. The number of benzene rings is 2. The minimum absolute atomic E-state index is 0.186. The zero-order chi connectivity index (χ0) is 15.0. The lowest BCUT2D eigenvalue weighted by molar-refractivity contribution is 0.268. The highest BCUT2D eigenvalue weighted by Gasteiger charge is 2.38. The fourth-order valence-electron chi connectivity index (χ4n) is 3.26. The third-order valence-corrected chi connectivity index (χ3v) is 4.72. The monoisotopic (exact) mass is 319 g/mol. The first-order chi connectivity index (χ1) is 9.95. The topological polar surface area (TPSA) is 12.0 Å². The summed E-state index contributed by atoms with van der Waals surface area (Å²) in [6.07, 6.45) is 1.08. The van der Waals surface area contributed by atoms with Gasteiger partial charge >= 0.3 is 0 Å². The summed E-state index contributed by atoms with van der Waals surface area (Å²) in [6, 6.07) is 14.5. The van der Waals surface area contributed by atoms with Gasteiger partial charge in [-0.2, -0.15) is 0 Å². The van der Waals surface area contributed by atoms with E-state index in [1.165, 1.54) is 16.7 Å². The van der Waals surface area contributed by atoms with Crippen molar-refractivity contribution in [3.8, 4) is 0 Å². The van der Waals surface area contributed by atoms with E-state index in [4.69, 9.17) is 23.2 Å². The molecule has 1 unspecified atom stereocenters. The second-order valence-corrected chi connectivity index (χ2v) is 7.33. The van der Waals surface area contributed by atoms with Crippen molar-refractivity contribution in [2.75, 3.05) is 0 Å². The Bertz CT molecular complexity index is 664. The average molecular weight is 320 g/mol. The Balaban J connectivity index is 1.83. The van der Waals surface area contributed by atoms with Crippen LogP contribution in [0.25, 0.3) is 0 Å². The molecule has 3 heteroatoms. The molecule has 110 valence electrons. The highest BCUT2D eigenvalue weighted by molar-refractivity contribution is 6.30. The molecule has 1 aliphatic rings. The first-order valence-electron chi connectivity index (χ1n) is 7.22. The van der Waals surface area contributed by atoms with Crippen LogP contribution in [0.2, 0.25) is 10.0 Å². The quantitative estimate of drug-likeness (QED) is 0.797. The summed E-state index contributed by atoms with van der Waals surface area (Å²) in [5.74, 6) is 0. The van der Waals surface area contributed by atoms with E-state index < -0.39 is 0 Å². The fourth-order valence-corrected chi connectivity index (χ4v) is 3.66. The number of nitrogens with one attached hydrogen (secondary N) is 1. The van der Waals surface area contributed by atoms with Crippen LogP contribution in [0.4, 0.5) is 0 Å². The van der Waals surface area contributed by atoms with Crippen molar-refractivity contribution >= 4 is 23.2 Å². The molecule has 2 aromatic carbocycles. The molecular formula is C18H19Cl2N. The van der Waals surface area contributed by atoms with Gasteiger partial charge < -0.3 is 5.32 Å². The van der Waals surface area contributed by atoms with Gasteiger partial charge in [0.15, 0.2) is 0 Å². The highest BCUT2D eigenvalue weighted by Crippen LogP contribution is 2.45. The molecule has 0 spiro atoms. The molecule has 1 aliphatic carbocycles. The molecule has 0 saturated carbocycles. The maximum Gasteiger partial charge on any atom is 0.0409 e. The summed E-state index contributed by atoms with van der Waals surface area (Å²) in [5.41, 5.74) is 4.11. The molecule has 0 aromatic heterocycles. The summed E-state index contributed by atoms with van der Waals surface area (Å²) in [7, 11) is 0. The molecule has 3 rings (SSSR count). The molecular weight excluding hydrogens is 301 g/mol. The van der Waals surface area contributed by atoms with Crippen LogP contribution >= 0.6 is 23.2 Å². The SMILES string of the molecule is CC1(C)Cc2ccc(Cl)cc2C1NCc1cccc(Cl)c1. The van der Waals surface area contributed by atoms with E-state index in [9.17, 15) is 0 Å². The molecule has 21 heavy (non-hydrogen) atoms. The van der Waals surface area contributed by atoms with Gasteiger partial charge in [-0.15, -0.1) is 0 Å². The van der Waals surface area contributed by atoms with E-state index in [-0.39, 0.29) is 5.41 Å². The van der Waals surface area contributed by atoms with Crippen molar-refractivity contribution in [1.29, 1.82) is 0 Å². The lowest BCUT2D eigenvalue weighted by Gasteiger charge is -2.29. The molecule has 0 aliphatic heterocycles. The van der Waals surface area contributed by atoms with Crippen molar-refractivity contribution in [3.63, 3.8) is 0 Å². The first kappa shape index (κ1) is 14.9. The number of hydrogen-bond acceptors (Lipinski definition) is 1. The Morgan fingerprint density at radius 3 is 2.62 bits per heavy atom. The van der Waals surface area contributed by atoms with Crippen LogP contribution in [0, 0.1) is 5.41 Å². The summed E-state index contributed by atoms with van der Waals surface area (Å²) in [5, 5.41) is 5.27. The predicted octanol–water partition coefficient (Wildman–Crippen LogP) is 5.41. The van der Waals surface area contributed by atoms with E-state index in [0.29, 0.717) is 6.04 Å². The number of rotatable bonds is 3. The zero-order valence-electron chi connectivity index (χ0n) is 12.3. The van der Waals surface area contributed by atoms with Crippen molar-refractivity contribution < 1.29 is 0 Å². The van der Waals surface area contributed by atoms with Crippen LogP contribution in [0.1, 0.15) is 36.6 Å². The molecule has 1 N–H and O–H groups in total. The van der Waals surface area contributed by atoms with Gasteiger partial charge in [0.25, 0.3) is 0 Å². The van der Waals surface area contributed by atoms with E-state index >= 15 is 0 Å². The maximum absolute atomic E-state index is 6.17. The van der Waals surface area contributed by atoms with Crippen LogP contribution in [0.3, 0.4) is 0 Å². The standard InChI is InChI=1S/C18H19Cl2N/c1-18(2)10-13-6-7-15(20)9-16(13)17(18)21-11-12-4-3-5-14(19)8-12/h3-9,17,21H,10-11H2,1-2H3. The Morgan fingerprint density at radius 2 is 1.86 bits per heavy atom. The second-order valence-electron chi connectivity index (χ2n) is 6.45. The van der Waals surface area contributed by atoms with Crippen molar-refractivity contribution in [2.24, 2.45) is 5.41 Å². The van der Waals surface area contributed by atoms with Gasteiger partial charge in [-0.25, -0.2) is 0 Å². The largest absolute Gasteiger partial charge is 0.305 e. The van der Waals surface area contributed by atoms with Crippen molar-refractivity contribution in [1.82, 2.24) is 5.32 Å². The van der Waals surface area contributed by atoms with Gasteiger partial charge in [0.05, 0.1) is 0 Å². The molecule has 0 amide bonds. The number of hydrogen-bond donors (Lipinski definition) is 1. The Hall–Kier alpha value is -1.02. The molecule has 1 atom stereocenters. The van der Waals surface area contributed by atoms with Crippen LogP contribution in [0.15, 0.2) is 42.5 Å². The highest BCUT2D eigenvalue weighted by atomic mass is 35.5. The molecule has 2 aromatic rings. The number of fused-ring (bicyclic) bond motifs is 1. The molecule has 0 fully saturated rings. The van der Waals surface area contributed by atoms with Gasteiger partial charge in [0.2, 0.25) is 0 Å². The molecule has 0 saturated heterocycles. The smallest absolute Gasteiger partial charge is 0.0409 e. The Labute approximate surface area is 136 Å². The first-order valence-corrected chi connectivity index (χ1v) is 7.97. The summed E-state index contributed by atoms with van der Waals surface area (Å²) in [6.45, 7) is 5.41. The van der Waals surface area contributed by atoms with Gasteiger partial charge in [-0.05, 0) is 52.8 Å². The van der Waals surface area contributed by atoms with E-state index in [2.05, 4.69) is 37.4 Å². The van der Waals surface area contributed by atoms with Crippen molar-refractivity contribution in [2.45, 2.75) is 32.9 Å².